The summed E-state index contributed by atoms with van der Waals surface area (Å²) < 4.78 is 46.4. The van der Waals surface area contributed by atoms with Crippen LogP contribution in [0.3, 0.4) is 0 Å². The molecule has 2 aromatic carbocycles. The number of ether oxygens (including phenoxy) is 5. The molecule has 2 bridgehead atoms. The number of piperazine rings is 1. The number of carboxylic acid groups (broad SMARTS) is 1. The number of anilines is 1. The van der Waals surface area contributed by atoms with Crippen molar-refractivity contribution in [3.8, 4) is 23.0 Å². The van der Waals surface area contributed by atoms with Gasteiger partial charge in [-0.15, -0.1) is 0 Å². The number of hydrogen-bond donors (Lipinski definition) is 1. The minimum Gasteiger partial charge on any atom is -0.480 e. The molecule has 1 N–H and O–H groups in total. The van der Waals surface area contributed by atoms with E-state index in [1.165, 1.54) is 0 Å². The summed E-state index contributed by atoms with van der Waals surface area (Å²) in [5, 5.41) is 11.3. The highest BCUT2D eigenvalue weighted by atomic mass is 19.1. The Morgan fingerprint density at radius 3 is 2.57 bits per heavy atom. The quantitative estimate of drug-likeness (QED) is 0.145. The molecule has 15 heteroatoms. The Morgan fingerprint density at radius 1 is 1.05 bits per heavy atom. The van der Waals surface area contributed by atoms with Crippen LogP contribution in [-0.2, 0) is 25.4 Å². The van der Waals surface area contributed by atoms with E-state index in [9.17, 15) is 9.59 Å². The van der Waals surface area contributed by atoms with Gasteiger partial charge in [-0.3, -0.25) is 14.8 Å². The number of aromatic nitrogens is 3. The average Bonchev–Trinajstić information content (AvgIpc) is 3.84. The van der Waals surface area contributed by atoms with Gasteiger partial charge in [0.05, 0.1) is 29.6 Å². The lowest BCUT2D eigenvalue weighted by atomic mass is 9.95. The van der Waals surface area contributed by atoms with Crippen molar-refractivity contribution in [3.63, 3.8) is 0 Å². The van der Waals surface area contributed by atoms with Crippen LogP contribution in [0, 0.1) is 5.82 Å². The first-order chi connectivity index (χ1) is 27.9. The first kappa shape index (κ1) is 39.9. The number of rotatable bonds is 13. The SMILES string of the molecule is CCc1cccc2cc(OCOC)cc(-c3ncc4c(N5CC6CCC(C5)N6C(=O)OC(C)(C)C)nc(OC[C@@]56CCCN5[C@H](COCC(=O)O)CC6)nc4c3F)c12. The lowest BCUT2D eigenvalue weighted by Gasteiger charge is -2.42. The summed E-state index contributed by atoms with van der Waals surface area (Å²) in [6.07, 6.45) is 7.24. The zero-order valence-electron chi connectivity index (χ0n) is 34.0. The van der Waals surface area contributed by atoms with Crippen LogP contribution in [0.15, 0.2) is 36.5 Å². The average molecular weight is 801 g/mol. The van der Waals surface area contributed by atoms with Crippen molar-refractivity contribution in [2.24, 2.45) is 0 Å². The fraction of sp³-hybridized carbons (Fsp3) is 0.558. The number of amides is 1. The van der Waals surface area contributed by atoms with E-state index < -0.39 is 17.4 Å². The largest absolute Gasteiger partial charge is 0.480 e. The molecule has 0 saturated carbocycles. The highest BCUT2D eigenvalue weighted by Gasteiger charge is 2.50. The summed E-state index contributed by atoms with van der Waals surface area (Å²) in [5.41, 5.74) is 0.919. The van der Waals surface area contributed by atoms with Gasteiger partial charge in [0.1, 0.15) is 41.6 Å². The monoisotopic (exact) mass is 800 g/mol. The normalized spacial score (nSPS) is 23.2. The molecule has 4 aliphatic heterocycles. The van der Waals surface area contributed by atoms with Gasteiger partial charge in [-0.05, 0) is 101 Å². The number of fused-ring (bicyclic) bond motifs is 5. The smallest absolute Gasteiger partial charge is 0.410 e. The predicted molar refractivity (Wildman–Crippen MR) is 215 cm³/mol. The van der Waals surface area contributed by atoms with Crippen LogP contribution in [0.1, 0.15) is 71.8 Å². The van der Waals surface area contributed by atoms with E-state index in [1.54, 1.807) is 19.4 Å². The second-order valence-electron chi connectivity index (χ2n) is 17.0. The van der Waals surface area contributed by atoms with E-state index in [1.807, 2.05) is 49.9 Å². The molecule has 2 unspecified atom stereocenters. The highest BCUT2D eigenvalue weighted by molar-refractivity contribution is 6.01. The Morgan fingerprint density at radius 2 is 1.84 bits per heavy atom. The molecule has 310 valence electrons. The zero-order chi connectivity index (χ0) is 40.8. The third-order valence-electron chi connectivity index (χ3n) is 12.1. The molecule has 0 spiro atoms. The van der Waals surface area contributed by atoms with E-state index in [-0.39, 0.29) is 67.0 Å². The minimum atomic E-state index is -0.991. The van der Waals surface area contributed by atoms with Crippen molar-refractivity contribution < 1.29 is 42.8 Å². The van der Waals surface area contributed by atoms with E-state index in [0.717, 1.165) is 67.8 Å². The minimum absolute atomic E-state index is 0.0293. The first-order valence-corrected chi connectivity index (χ1v) is 20.4. The lowest BCUT2D eigenvalue weighted by molar-refractivity contribution is -0.142. The molecule has 4 aliphatic rings. The van der Waals surface area contributed by atoms with Gasteiger partial charge in [0.2, 0.25) is 0 Å². The van der Waals surface area contributed by atoms with Gasteiger partial charge < -0.3 is 33.7 Å². The molecule has 0 aliphatic carbocycles. The lowest BCUT2D eigenvalue weighted by Crippen LogP contribution is -2.57. The number of carbonyl (C=O) groups is 2. The second kappa shape index (κ2) is 16.1. The standard InChI is InChI=1S/C43H53FN6O8/c1-6-26-9-7-10-27-17-31(57-25-54-5)18-32(35(26)27)37-36(44)38-33(19-45-37)39(48-20-28-11-12-29(21-48)50(28)41(53)58-42(2,3)4)47-40(46-38)56-24-43-14-8-16-49(43)30(13-15-43)22-55-23-34(51)52/h7,9-10,17-19,28-30H,6,8,11-16,20-25H2,1-5H3,(H,51,52)/t28?,29?,30-,43-/m0/s1. The number of methoxy groups -OCH3 is 1. The molecular weight excluding hydrogens is 748 g/mol. The number of halogens is 1. The predicted octanol–water partition coefficient (Wildman–Crippen LogP) is 6.59. The molecule has 14 nitrogen and oxygen atoms in total. The van der Waals surface area contributed by atoms with Crippen LogP contribution in [0.2, 0.25) is 0 Å². The fourth-order valence-corrected chi connectivity index (χ4v) is 9.64. The van der Waals surface area contributed by atoms with Gasteiger partial charge in [-0.2, -0.15) is 9.97 Å². The van der Waals surface area contributed by atoms with Crippen LogP contribution in [0.25, 0.3) is 32.9 Å². The third kappa shape index (κ3) is 7.71. The number of carbonyl (C=O) groups excluding carboxylic acids is 1. The van der Waals surface area contributed by atoms with Crippen molar-refractivity contribution in [3.05, 3.63) is 47.9 Å². The summed E-state index contributed by atoms with van der Waals surface area (Å²) in [4.78, 5) is 45.4. The maximum absolute atomic E-state index is 17.5. The van der Waals surface area contributed by atoms with Crippen molar-refractivity contribution in [1.82, 2.24) is 24.8 Å². The molecular formula is C43H53FN6O8. The molecule has 4 atom stereocenters. The first-order valence-electron chi connectivity index (χ1n) is 20.4. The van der Waals surface area contributed by atoms with Crippen LogP contribution in [0.4, 0.5) is 15.0 Å². The van der Waals surface area contributed by atoms with Gasteiger partial charge >= 0.3 is 18.1 Å². The number of nitrogens with zero attached hydrogens (tertiary/aromatic N) is 6. The van der Waals surface area contributed by atoms with Crippen LogP contribution >= 0.6 is 0 Å². The molecule has 4 fully saturated rings. The maximum atomic E-state index is 17.5. The molecule has 1 amide bonds. The highest BCUT2D eigenvalue weighted by Crippen LogP contribution is 2.44. The number of carboxylic acids is 1. The van der Waals surface area contributed by atoms with Crippen molar-refractivity contribution >= 4 is 39.6 Å². The van der Waals surface area contributed by atoms with E-state index in [0.29, 0.717) is 42.2 Å². The van der Waals surface area contributed by atoms with Crippen molar-refractivity contribution in [2.45, 2.75) is 102 Å². The topological polar surface area (TPSA) is 149 Å². The van der Waals surface area contributed by atoms with Gasteiger partial charge in [0.15, 0.2) is 12.6 Å². The molecule has 0 radical (unpaired) electrons. The zero-order valence-corrected chi connectivity index (χ0v) is 34.0. The molecule has 4 saturated heterocycles. The summed E-state index contributed by atoms with van der Waals surface area (Å²) in [6, 6.07) is 9.63. The van der Waals surface area contributed by atoms with E-state index in [2.05, 4.69) is 16.7 Å². The molecule has 8 rings (SSSR count). The number of aryl methyl sites for hydroxylation is 1. The Bertz CT molecular complexity index is 2190. The Kier molecular flexibility index (Phi) is 11.1. The molecule has 58 heavy (non-hydrogen) atoms. The Hall–Kier alpha value is -4.86. The van der Waals surface area contributed by atoms with E-state index in [4.69, 9.17) is 43.7 Å². The molecule has 4 aromatic rings. The number of hydrogen-bond acceptors (Lipinski definition) is 12. The van der Waals surface area contributed by atoms with Gasteiger partial charge in [0.25, 0.3) is 0 Å². The Balaban J connectivity index is 1.18. The van der Waals surface area contributed by atoms with Gasteiger partial charge in [-0.25, -0.2) is 14.0 Å². The summed E-state index contributed by atoms with van der Waals surface area (Å²) >= 11 is 0. The Labute approximate surface area is 337 Å². The van der Waals surface area contributed by atoms with Gasteiger partial charge in [-0.1, -0.05) is 25.1 Å². The maximum Gasteiger partial charge on any atom is 0.410 e. The summed E-state index contributed by atoms with van der Waals surface area (Å²) in [6.45, 7) is 9.78. The van der Waals surface area contributed by atoms with Crippen molar-refractivity contribution in [2.75, 3.05) is 58.3 Å². The van der Waals surface area contributed by atoms with Crippen LogP contribution in [0.5, 0.6) is 11.8 Å². The van der Waals surface area contributed by atoms with E-state index >= 15 is 4.39 Å². The number of pyridine rings is 1. The van der Waals surface area contributed by atoms with Gasteiger partial charge in [0, 0.05) is 38.0 Å². The van der Waals surface area contributed by atoms with Crippen molar-refractivity contribution in [1.29, 1.82) is 0 Å². The number of benzene rings is 2. The molecule has 2 aromatic heterocycles. The second-order valence-corrected chi connectivity index (χ2v) is 17.0. The summed E-state index contributed by atoms with van der Waals surface area (Å²) in [7, 11) is 1.55. The number of aliphatic carboxylic acids is 1. The third-order valence-corrected chi connectivity index (χ3v) is 12.1. The van der Waals surface area contributed by atoms with Crippen LogP contribution < -0.4 is 14.4 Å². The molecule has 6 heterocycles. The van der Waals surface area contributed by atoms with Crippen LogP contribution in [-0.4, -0.2) is 125 Å². The fourth-order valence-electron chi connectivity index (χ4n) is 9.64. The summed E-state index contributed by atoms with van der Waals surface area (Å²) in [5.74, 6) is -0.570.